The number of furan rings is 1. The SMILES string of the molecule is CC(CCc1ccco1)NC(=O)NC1CCN(c2nc3ccccc3s2)CC1. The molecular weight excluding hydrogens is 372 g/mol. The van der Waals surface area contributed by atoms with Crippen LogP contribution in [0.4, 0.5) is 9.93 Å². The number of rotatable bonds is 6. The van der Waals surface area contributed by atoms with E-state index in [0.717, 1.165) is 55.2 Å². The van der Waals surface area contributed by atoms with E-state index in [9.17, 15) is 4.79 Å². The molecule has 0 bridgehead atoms. The summed E-state index contributed by atoms with van der Waals surface area (Å²) < 4.78 is 6.56. The fourth-order valence-corrected chi connectivity index (χ4v) is 4.56. The van der Waals surface area contributed by atoms with Gasteiger partial charge in [-0.2, -0.15) is 0 Å². The number of aryl methyl sites for hydroxylation is 1. The van der Waals surface area contributed by atoms with Gasteiger partial charge in [0.25, 0.3) is 0 Å². The molecule has 1 unspecified atom stereocenters. The molecule has 3 heterocycles. The predicted octanol–water partition coefficient (Wildman–Crippen LogP) is 4.18. The average molecular weight is 399 g/mol. The minimum atomic E-state index is -0.0784. The van der Waals surface area contributed by atoms with E-state index in [4.69, 9.17) is 9.40 Å². The van der Waals surface area contributed by atoms with E-state index in [1.165, 1.54) is 4.70 Å². The lowest BCUT2D eigenvalue weighted by Crippen LogP contribution is -2.49. The van der Waals surface area contributed by atoms with Gasteiger partial charge in [-0.3, -0.25) is 0 Å². The summed E-state index contributed by atoms with van der Waals surface area (Å²) in [5, 5.41) is 7.24. The Morgan fingerprint density at radius 2 is 2.11 bits per heavy atom. The molecule has 0 saturated carbocycles. The maximum atomic E-state index is 12.3. The van der Waals surface area contributed by atoms with E-state index in [1.54, 1.807) is 17.6 Å². The number of hydrogen-bond acceptors (Lipinski definition) is 5. The van der Waals surface area contributed by atoms with Gasteiger partial charge in [0.15, 0.2) is 5.13 Å². The van der Waals surface area contributed by atoms with Crippen LogP contribution >= 0.6 is 11.3 Å². The molecule has 2 aromatic heterocycles. The monoisotopic (exact) mass is 398 g/mol. The van der Waals surface area contributed by atoms with Gasteiger partial charge in [-0.25, -0.2) is 9.78 Å². The maximum Gasteiger partial charge on any atom is 0.315 e. The molecule has 0 spiro atoms. The lowest BCUT2D eigenvalue weighted by atomic mass is 10.1. The van der Waals surface area contributed by atoms with Crippen LogP contribution < -0.4 is 15.5 Å². The molecule has 2 N–H and O–H groups in total. The molecule has 1 aromatic carbocycles. The first kappa shape index (κ1) is 18.8. The topological polar surface area (TPSA) is 70.4 Å². The van der Waals surface area contributed by atoms with Crippen molar-refractivity contribution in [2.75, 3.05) is 18.0 Å². The number of urea groups is 1. The van der Waals surface area contributed by atoms with Crippen molar-refractivity contribution < 1.29 is 9.21 Å². The van der Waals surface area contributed by atoms with E-state index in [-0.39, 0.29) is 18.1 Å². The zero-order valence-corrected chi connectivity index (χ0v) is 16.9. The summed E-state index contributed by atoms with van der Waals surface area (Å²) in [5.74, 6) is 0.955. The molecular formula is C21H26N4O2S. The number of para-hydroxylation sites is 1. The van der Waals surface area contributed by atoms with Crippen LogP contribution in [0.25, 0.3) is 10.2 Å². The molecule has 6 nitrogen and oxygen atoms in total. The molecule has 0 aliphatic carbocycles. The molecule has 1 aliphatic heterocycles. The van der Waals surface area contributed by atoms with Crippen molar-refractivity contribution in [2.24, 2.45) is 0 Å². The third kappa shape index (κ3) is 4.65. The van der Waals surface area contributed by atoms with Crippen LogP contribution in [0.1, 0.15) is 31.9 Å². The number of carbonyl (C=O) groups excluding carboxylic acids is 1. The normalized spacial score (nSPS) is 16.2. The highest BCUT2D eigenvalue weighted by Crippen LogP contribution is 2.30. The Morgan fingerprint density at radius 1 is 1.29 bits per heavy atom. The largest absolute Gasteiger partial charge is 0.469 e. The molecule has 1 saturated heterocycles. The Kier molecular flexibility index (Phi) is 5.81. The molecule has 28 heavy (non-hydrogen) atoms. The van der Waals surface area contributed by atoms with Crippen molar-refractivity contribution in [1.82, 2.24) is 15.6 Å². The lowest BCUT2D eigenvalue weighted by Gasteiger charge is -2.32. The summed E-state index contributed by atoms with van der Waals surface area (Å²) in [4.78, 5) is 19.3. The Balaban J connectivity index is 1.21. The number of anilines is 1. The molecule has 1 aliphatic rings. The fraction of sp³-hybridized carbons (Fsp3) is 0.429. The standard InChI is InChI=1S/C21H26N4O2S/c1-15(8-9-17-5-4-14-27-17)22-20(26)23-16-10-12-25(13-11-16)21-24-18-6-2-3-7-19(18)28-21/h2-7,14-16H,8-13H2,1H3,(H2,22,23,26). The second kappa shape index (κ2) is 8.65. The van der Waals surface area contributed by atoms with E-state index >= 15 is 0 Å². The average Bonchev–Trinajstić information content (AvgIpc) is 3.36. The summed E-state index contributed by atoms with van der Waals surface area (Å²) in [5.41, 5.74) is 1.06. The van der Waals surface area contributed by atoms with Crippen molar-refractivity contribution in [3.63, 3.8) is 0 Å². The zero-order valence-electron chi connectivity index (χ0n) is 16.1. The summed E-state index contributed by atoms with van der Waals surface area (Å²) in [7, 11) is 0. The number of thiazole rings is 1. The Morgan fingerprint density at radius 3 is 2.86 bits per heavy atom. The van der Waals surface area contributed by atoms with E-state index in [0.29, 0.717) is 0 Å². The minimum Gasteiger partial charge on any atom is -0.469 e. The van der Waals surface area contributed by atoms with E-state index in [1.807, 2.05) is 25.1 Å². The molecule has 1 atom stereocenters. The smallest absolute Gasteiger partial charge is 0.315 e. The van der Waals surface area contributed by atoms with Crippen LogP contribution in [-0.2, 0) is 6.42 Å². The van der Waals surface area contributed by atoms with Gasteiger partial charge in [0.05, 0.1) is 16.5 Å². The van der Waals surface area contributed by atoms with E-state index in [2.05, 4.69) is 33.7 Å². The van der Waals surface area contributed by atoms with Crippen LogP contribution in [0.3, 0.4) is 0 Å². The second-order valence-electron chi connectivity index (χ2n) is 7.36. The first-order chi connectivity index (χ1) is 13.7. The van der Waals surface area contributed by atoms with Gasteiger partial charge in [0, 0.05) is 31.6 Å². The quantitative estimate of drug-likeness (QED) is 0.654. The Labute approximate surface area is 168 Å². The number of nitrogens with zero attached hydrogens (tertiary/aromatic N) is 2. The minimum absolute atomic E-state index is 0.0784. The highest BCUT2D eigenvalue weighted by molar-refractivity contribution is 7.22. The van der Waals surface area contributed by atoms with Crippen LogP contribution in [0.5, 0.6) is 0 Å². The third-order valence-corrected chi connectivity index (χ3v) is 6.26. The first-order valence-corrected chi connectivity index (χ1v) is 10.7. The van der Waals surface area contributed by atoms with Crippen molar-refractivity contribution in [3.05, 3.63) is 48.4 Å². The van der Waals surface area contributed by atoms with Gasteiger partial charge in [-0.1, -0.05) is 23.5 Å². The molecule has 7 heteroatoms. The Hall–Kier alpha value is -2.54. The van der Waals surface area contributed by atoms with Gasteiger partial charge in [-0.05, 0) is 50.5 Å². The number of amides is 2. The molecule has 1 fully saturated rings. The van der Waals surface area contributed by atoms with Crippen molar-refractivity contribution in [1.29, 1.82) is 0 Å². The summed E-state index contributed by atoms with van der Waals surface area (Å²) >= 11 is 1.74. The van der Waals surface area contributed by atoms with Crippen molar-refractivity contribution >= 4 is 32.7 Å². The molecule has 0 radical (unpaired) electrons. The van der Waals surface area contributed by atoms with Crippen LogP contribution in [0, 0.1) is 0 Å². The van der Waals surface area contributed by atoms with Gasteiger partial charge < -0.3 is 20.0 Å². The third-order valence-electron chi connectivity index (χ3n) is 5.16. The van der Waals surface area contributed by atoms with Crippen molar-refractivity contribution in [2.45, 2.75) is 44.7 Å². The van der Waals surface area contributed by atoms with Crippen molar-refractivity contribution in [3.8, 4) is 0 Å². The number of benzene rings is 1. The Bertz CT molecular complexity index is 867. The fourth-order valence-electron chi connectivity index (χ4n) is 3.55. The first-order valence-electron chi connectivity index (χ1n) is 9.87. The van der Waals surface area contributed by atoms with E-state index < -0.39 is 0 Å². The number of carbonyl (C=O) groups is 1. The number of piperidine rings is 1. The van der Waals surface area contributed by atoms with Gasteiger partial charge in [0.1, 0.15) is 5.76 Å². The zero-order chi connectivity index (χ0) is 19.3. The summed E-state index contributed by atoms with van der Waals surface area (Å²) in [6, 6.07) is 12.3. The summed E-state index contributed by atoms with van der Waals surface area (Å²) in [6.07, 6.45) is 5.24. The summed E-state index contributed by atoms with van der Waals surface area (Å²) in [6.45, 7) is 3.86. The highest BCUT2D eigenvalue weighted by atomic mass is 32.1. The highest BCUT2D eigenvalue weighted by Gasteiger charge is 2.23. The number of hydrogen-bond donors (Lipinski definition) is 2. The molecule has 148 valence electrons. The van der Waals surface area contributed by atoms with Crippen LogP contribution in [0.2, 0.25) is 0 Å². The molecule has 3 aromatic rings. The van der Waals surface area contributed by atoms with Gasteiger partial charge >= 0.3 is 6.03 Å². The maximum absolute atomic E-state index is 12.3. The predicted molar refractivity (Wildman–Crippen MR) is 113 cm³/mol. The molecule has 2 amide bonds. The number of fused-ring (bicyclic) bond motifs is 1. The lowest BCUT2D eigenvalue weighted by molar-refractivity contribution is 0.230. The molecule has 4 rings (SSSR count). The second-order valence-corrected chi connectivity index (χ2v) is 8.37. The van der Waals surface area contributed by atoms with Crippen LogP contribution in [-0.4, -0.2) is 36.2 Å². The number of aromatic nitrogens is 1. The van der Waals surface area contributed by atoms with Crippen LogP contribution in [0.15, 0.2) is 47.1 Å². The van der Waals surface area contributed by atoms with Gasteiger partial charge in [0.2, 0.25) is 0 Å². The number of nitrogens with one attached hydrogen (secondary N) is 2. The van der Waals surface area contributed by atoms with Gasteiger partial charge in [-0.15, -0.1) is 0 Å².